The van der Waals surface area contributed by atoms with Crippen LogP contribution in [0.25, 0.3) is 0 Å². The molecule has 4 fully saturated rings. The molecule has 4 aromatic rings. The van der Waals surface area contributed by atoms with Crippen molar-refractivity contribution < 1.29 is 19.8 Å². The van der Waals surface area contributed by atoms with Gasteiger partial charge in [0.15, 0.2) is 0 Å². The van der Waals surface area contributed by atoms with Gasteiger partial charge in [-0.1, -0.05) is 135 Å². The lowest BCUT2D eigenvalue weighted by molar-refractivity contribution is -0.157. The monoisotopic (exact) mass is 1030 g/mol. The highest BCUT2D eigenvalue weighted by Crippen LogP contribution is 2.56. The number of rotatable bonds is 18. The summed E-state index contributed by atoms with van der Waals surface area (Å²) in [6.07, 6.45) is 13.2. The van der Waals surface area contributed by atoms with Gasteiger partial charge in [0.2, 0.25) is 11.8 Å². The zero-order valence-electron chi connectivity index (χ0n) is 42.0. The predicted octanol–water partition coefficient (Wildman–Crippen LogP) is 15.9. The van der Waals surface area contributed by atoms with E-state index in [-0.39, 0.29) is 47.8 Å². The smallest absolute Gasteiger partial charge is 0.229 e. The zero-order chi connectivity index (χ0) is 50.8. The van der Waals surface area contributed by atoms with Gasteiger partial charge in [-0.3, -0.25) is 9.59 Å². The van der Waals surface area contributed by atoms with Crippen molar-refractivity contribution in [2.24, 2.45) is 22.7 Å². The van der Waals surface area contributed by atoms with E-state index >= 15 is 0 Å². The molecule has 2 saturated carbocycles. The summed E-state index contributed by atoms with van der Waals surface area (Å²) in [6, 6.07) is 31.2. The summed E-state index contributed by atoms with van der Waals surface area (Å²) in [5, 5.41) is 25.4. The minimum absolute atomic E-state index is 0.0393. The minimum Gasteiger partial charge on any atom is -0.390 e. The van der Waals surface area contributed by atoms with E-state index in [1.54, 1.807) is 0 Å². The van der Waals surface area contributed by atoms with Gasteiger partial charge in [0.1, 0.15) is 0 Å². The molecule has 70 heavy (non-hydrogen) atoms. The van der Waals surface area contributed by atoms with Gasteiger partial charge in [0, 0.05) is 44.0 Å². The Kier molecular flexibility index (Phi) is 17.2. The Bertz CT molecular complexity index is 2300. The standard InChI is InChI=1S/2C30H37Cl2NO2/c2*1-5-16-29(3)19-26(21-8-7-9-24(32)17-21)27(20-10-14-23(31)15-11-20)33(28(29)34)25(6-2)18-30(4,35)22-12-13-22/h2*5,7-11,14-15,17,22,25-27,35H,1,6,12-13,16,18-19H2,2-4H3/t25-,26+,27?,29-,30+;25-,26+,27?,29-,30-/m00/s1. The van der Waals surface area contributed by atoms with Crippen molar-refractivity contribution in [1.29, 1.82) is 0 Å². The third-order valence-corrected chi connectivity index (χ3v) is 17.3. The summed E-state index contributed by atoms with van der Waals surface area (Å²) in [6.45, 7) is 20.2. The van der Waals surface area contributed by atoms with Gasteiger partial charge in [0.05, 0.1) is 34.1 Å². The molecule has 2 saturated heterocycles. The molecule has 2 amide bonds. The summed E-state index contributed by atoms with van der Waals surface area (Å²) in [7, 11) is 0. The molecule has 2 aliphatic heterocycles. The summed E-state index contributed by atoms with van der Waals surface area (Å²) >= 11 is 25.4. The molecule has 4 aromatic carbocycles. The number of hydrogen-bond acceptors (Lipinski definition) is 4. The van der Waals surface area contributed by atoms with Gasteiger partial charge in [-0.15, -0.1) is 13.2 Å². The van der Waals surface area contributed by atoms with Crippen molar-refractivity contribution in [3.8, 4) is 0 Å². The molecule has 0 bridgehead atoms. The van der Waals surface area contributed by atoms with Crippen molar-refractivity contribution in [3.05, 3.63) is 165 Å². The summed E-state index contributed by atoms with van der Waals surface area (Å²) in [5.41, 5.74) is 1.60. The largest absolute Gasteiger partial charge is 0.390 e. The number of hydrogen-bond donors (Lipinski definition) is 2. The lowest BCUT2D eigenvalue weighted by atomic mass is 9.66. The van der Waals surface area contributed by atoms with Crippen LogP contribution < -0.4 is 0 Å². The average molecular weight is 1030 g/mol. The molecule has 0 radical (unpaired) electrons. The molecular weight excluding hydrogens is 954 g/mol. The topological polar surface area (TPSA) is 81.1 Å². The molecule has 10 heteroatoms. The SMILES string of the molecule is C=CC[C@@]1(C)C[C@H](c2cccc(Cl)c2)C(c2ccc(Cl)cc2)N([C@@H](CC)C[C@@](C)(O)C2CC2)C1=O.C=CC[C@@]1(C)C[C@H](c2cccc(Cl)c2)C(c2ccc(Cl)cc2)N([C@@H](CC)C[C@](C)(O)C2CC2)C1=O. The van der Waals surface area contributed by atoms with E-state index in [1.165, 1.54) is 0 Å². The third-order valence-electron chi connectivity index (χ3n) is 16.3. The van der Waals surface area contributed by atoms with E-state index in [2.05, 4.69) is 62.8 Å². The first-order valence-electron chi connectivity index (χ1n) is 25.5. The number of piperidine rings is 2. The van der Waals surface area contributed by atoms with Crippen LogP contribution in [0.3, 0.4) is 0 Å². The van der Waals surface area contributed by atoms with Crippen molar-refractivity contribution in [3.63, 3.8) is 0 Å². The van der Waals surface area contributed by atoms with Crippen LogP contribution in [0, 0.1) is 22.7 Å². The van der Waals surface area contributed by atoms with Gasteiger partial charge in [-0.25, -0.2) is 0 Å². The van der Waals surface area contributed by atoms with Gasteiger partial charge < -0.3 is 20.0 Å². The molecule has 0 aromatic heterocycles. The van der Waals surface area contributed by atoms with Crippen LogP contribution in [0.4, 0.5) is 0 Å². The van der Waals surface area contributed by atoms with E-state index in [4.69, 9.17) is 46.4 Å². The normalized spacial score (nSPS) is 27.4. The second-order valence-corrected chi connectivity index (χ2v) is 23.8. The van der Waals surface area contributed by atoms with E-state index in [0.29, 0.717) is 70.5 Å². The number of benzene rings is 4. The van der Waals surface area contributed by atoms with Crippen molar-refractivity contribution in [2.75, 3.05) is 0 Å². The zero-order valence-corrected chi connectivity index (χ0v) is 45.1. The Labute approximate surface area is 438 Å². The number of carbonyl (C=O) groups excluding carboxylic acids is 2. The van der Waals surface area contributed by atoms with E-state index in [9.17, 15) is 19.8 Å². The van der Waals surface area contributed by atoms with Gasteiger partial charge in [-0.2, -0.15) is 0 Å². The van der Waals surface area contributed by atoms with Crippen LogP contribution >= 0.6 is 46.4 Å². The number of nitrogens with zero attached hydrogens (tertiary/aromatic N) is 2. The summed E-state index contributed by atoms with van der Waals surface area (Å²) < 4.78 is 0. The average Bonchev–Trinajstić information content (AvgIpc) is 4.24. The molecule has 4 aliphatic rings. The summed E-state index contributed by atoms with van der Waals surface area (Å²) in [4.78, 5) is 32.9. The quantitative estimate of drug-likeness (QED) is 0.0973. The molecule has 2 N–H and O–H groups in total. The maximum absolute atomic E-state index is 14.3. The van der Waals surface area contributed by atoms with Crippen molar-refractivity contribution in [1.82, 2.24) is 9.80 Å². The minimum atomic E-state index is -0.788. The number of carbonyl (C=O) groups is 2. The van der Waals surface area contributed by atoms with Gasteiger partial charge >= 0.3 is 0 Å². The van der Waals surface area contributed by atoms with Crippen molar-refractivity contribution in [2.45, 2.75) is 166 Å². The Morgan fingerprint density at radius 3 is 1.21 bits per heavy atom. The Balaban J connectivity index is 0.000000206. The Morgan fingerprint density at radius 2 is 0.929 bits per heavy atom. The summed E-state index contributed by atoms with van der Waals surface area (Å²) in [5.74, 6) is 0.973. The molecule has 6 nitrogen and oxygen atoms in total. The maximum atomic E-state index is 14.3. The Hall–Kier alpha value is -3.62. The van der Waals surface area contributed by atoms with Gasteiger partial charge in [0.25, 0.3) is 0 Å². The third kappa shape index (κ3) is 12.1. The fraction of sp³-hybridized carbons (Fsp3) is 0.500. The van der Waals surface area contributed by atoms with E-state index in [1.807, 2.05) is 111 Å². The van der Waals surface area contributed by atoms with Crippen LogP contribution in [-0.4, -0.2) is 55.1 Å². The van der Waals surface area contributed by atoms with Gasteiger partial charge in [-0.05, 0) is 174 Å². The highest BCUT2D eigenvalue weighted by atomic mass is 35.5. The number of amides is 2. The lowest BCUT2D eigenvalue weighted by Crippen LogP contribution is -2.56. The first-order chi connectivity index (χ1) is 33.2. The number of likely N-dealkylation sites (tertiary alicyclic amines) is 2. The van der Waals surface area contributed by atoms with Crippen LogP contribution in [0.15, 0.2) is 122 Å². The molecule has 10 atom stereocenters. The molecule has 0 spiro atoms. The van der Waals surface area contributed by atoms with E-state index in [0.717, 1.165) is 60.8 Å². The first kappa shape index (κ1) is 54.2. The van der Waals surface area contributed by atoms with Crippen LogP contribution in [-0.2, 0) is 9.59 Å². The van der Waals surface area contributed by atoms with Crippen LogP contribution in [0.5, 0.6) is 0 Å². The Morgan fingerprint density at radius 1 is 0.586 bits per heavy atom. The highest BCUT2D eigenvalue weighted by molar-refractivity contribution is 6.31. The second-order valence-electron chi connectivity index (χ2n) is 22.1. The number of allylic oxidation sites excluding steroid dienone is 2. The van der Waals surface area contributed by atoms with E-state index < -0.39 is 22.0 Å². The van der Waals surface area contributed by atoms with Crippen LogP contribution in [0.2, 0.25) is 20.1 Å². The lowest BCUT2D eigenvalue weighted by Gasteiger charge is -2.53. The fourth-order valence-electron chi connectivity index (χ4n) is 12.2. The number of halogens is 4. The maximum Gasteiger partial charge on any atom is 0.229 e. The molecule has 2 unspecified atom stereocenters. The van der Waals surface area contributed by atoms with Crippen LogP contribution in [0.1, 0.15) is 165 Å². The second kappa shape index (κ2) is 22.2. The highest BCUT2D eigenvalue weighted by Gasteiger charge is 2.54. The molecule has 376 valence electrons. The molecule has 2 aliphatic carbocycles. The first-order valence-corrected chi connectivity index (χ1v) is 27.0. The molecular formula is C60H74Cl4N2O4. The molecule has 8 rings (SSSR count). The molecule has 2 heterocycles. The fourth-order valence-corrected chi connectivity index (χ4v) is 12.8. The number of aliphatic hydroxyl groups is 2. The predicted molar refractivity (Wildman–Crippen MR) is 290 cm³/mol. The van der Waals surface area contributed by atoms with Crippen molar-refractivity contribution >= 4 is 58.2 Å².